The minimum Gasteiger partial charge on any atom is -0.297 e. The van der Waals surface area contributed by atoms with Crippen LogP contribution in [0.3, 0.4) is 0 Å². The standard InChI is InChI=1S/C9H16N4.ClH/c1-2-3-6-12-8-9-13(11-12)7-4-5-10;/h8-9,11H,2-4,6-7H2,1H3;1H. The molecule has 0 amide bonds. The second kappa shape index (κ2) is 7.48. The molecule has 0 spiro atoms. The van der Waals surface area contributed by atoms with Crippen molar-refractivity contribution < 1.29 is 0 Å². The van der Waals surface area contributed by atoms with E-state index in [2.05, 4.69) is 18.5 Å². The number of unbranched alkanes of at least 4 members (excludes halogenated alkanes) is 1. The molecule has 0 aliphatic carbocycles. The lowest BCUT2D eigenvalue weighted by Gasteiger charge is -2.21. The summed E-state index contributed by atoms with van der Waals surface area (Å²) in [6.07, 6.45) is 6.91. The van der Waals surface area contributed by atoms with Crippen LogP contribution in [-0.2, 0) is 0 Å². The van der Waals surface area contributed by atoms with Crippen molar-refractivity contribution in [2.45, 2.75) is 26.2 Å². The lowest BCUT2D eigenvalue weighted by atomic mass is 10.3. The van der Waals surface area contributed by atoms with Gasteiger partial charge in [0, 0.05) is 25.5 Å². The van der Waals surface area contributed by atoms with Gasteiger partial charge >= 0.3 is 0 Å². The Morgan fingerprint density at radius 2 is 1.93 bits per heavy atom. The number of nitrogens with one attached hydrogen (secondary N) is 1. The zero-order chi connectivity index (χ0) is 9.52. The predicted octanol–water partition coefficient (Wildman–Crippen LogP) is 1.63. The van der Waals surface area contributed by atoms with Crippen molar-refractivity contribution >= 4 is 12.4 Å². The average molecular weight is 217 g/mol. The van der Waals surface area contributed by atoms with Gasteiger partial charge in [-0.3, -0.25) is 10.0 Å². The maximum Gasteiger partial charge on any atom is 0.0641 e. The molecule has 0 aromatic rings. The van der Waals surface area contributed by atoms with E-state index in [1.165, 1.54) is 12.8 Å². The summed E-state index contributed by atoms with van der Waals surface area (Å²) in [5.74, 6) is 0. The molecule has 0 atom stereocenters. The minimum atomic E-state index is 0. The van der Waals surface area contributed by atoms with Crippen molar-refractivity contribution in [2.75, 3.05) is 13.1 Å². The summed E-state index contributed by atoms with van der Waals surface area (Å²) in [6.45, 7) is 3.94. The van der Waals surface area contributed by atoms with Crippen LogP contribution >= 0.6 is 12.4 Å². The van der Waals surface area contributed by atoms with E-state index in [9.17, 15) is 0 Å². The second-order valence-electron chi connectivity index (χ2n) is 3.05. The van der Waals surface area contributed by atoms with E-state index < -0.39 is 0 Å². The molecule has 1 heterocycles. The molecule has 0 saturated heterocycles. The van der Waals surface area contributed by atoms with Gasteiger partial charge in [0.05, 0.1) is 12.5 Å². The summed E-state index contributed by atoms with van der Waals surface area (Å²) in [5, 5.41) is 12.4. The molecule has 0 saturated carbocycles. The molecule has 0 aromatic heterocycles. The maximum absolute atomic E-state index is 8.39. The number of hydrogen-bond acceptors (Lipinski definition) is 4. The van der Waals surface area contributed by atoms with Gasteiger partial charge < -0.3 is 0 Å². The molecule has 0 radical (unpaired) electrons. The number of hydrazine groups is 2. The summed E-state index contributed by atoms with van der Waals surface area (Å²) >= 11 is 0. The van der Waals surface area contributed by atoms with Crippen LogP contribution in [-0.4, -0.2) is 23.1 Å². The van der Waals surface area contributed by atoms with E-state index >= 15 is 0 Å². The van der Waals surface area contributed by atoms with Gasteiger partial charge in [0.25, 0.3) is 0 Å². The summed E-state index contributed by atoms with van der Waals surface area (Å²) < 4.78 is 0. The van der Waals surface area contributed by atoms with Gasteiger partial charge in [-0.2, -0.15) is 5.26 Å². The Hall–Kier alpha value is -0.920. The molecule has 1 rings (SSSR count). The third kappa shape index (κ3) is 4.35. The summed E-state index contributed by atoms with van der Waals surface area (Å²) in [6, 6.07) is 2.12. The van der Waals surface area contributed by atoms with E-state index in [1.54, 1.807) is 0 Å². The van der Waals surface area contributed by atoms with Crippen LogP contribution in [0.5, 0.6) is 0 Å². The number of halogens is 1. The molecule has 5 heteroatoms. The van der Waals surface area contributed by atoms with Crippen molar-refractivity contribution in [3.63, 3.8) is 0 Å². The van der Waals surface area contributed by atoms with E-state index in [0.29, 0.717) is 6.42 Å². The van der Waals surface area contributed by atoms with Crippen molar-refractivity contribution in [3.8, 4) is 6.07 Å². The van der Waals surface area contributed by atoms with Crippen molar-refractivity contribution in [1.82, 2.24) is 15.6 Å². The lowest BCUT2D eigenvalue weighted by Crippen LogP contribution is -2.39. The van der Waals surface area contributed by atoms with Crippen LogP contribution in [0.1, 0.15) is 26.2 Å². The van der Waals surface area contributed by atoms with Gasteiger partial charge in [-0.1, -0.05) is 13.3 Å². The van der Waals surface area contributed by atoms with Crippen molar-refractivity contribution in [2.24, 2.45) is 0 Å². The van der Waals surface area contributed by atoms with Crippen LogP contribution in [0, 0.1) is 11.3 Å². The molecule has 80 valence electrons. The fourth-order valence-electron chi connectivity index (χ4n) is 1.14. The molecule has 4 nitrogen and oxygen atoms in total. The zero-order valence-corrected chi connectivity index (χ0v) is 9.26. The van der Waals surface area contributed by atoms with Crippen LogP contribution in [0.15, 0.2) is 12.4 Å². The summed E-state index contributed by atoms with van der Waals surface area (Å²) in [5.41, 5.74) is 3.16. The van der Waals surface area contributed by atoms with Gasteiger partial charge in [0.15, 0.2) is 0 Å². The quantitative estimate of drug-likeness (QED) is 0.759. The first-order valence-electron chi connectivity index (χ1n) is 4.71. The third-order valence-electron chi connectivity index (χ3n) is 1.90. The third-order valence-corrected chi connectivity index (χ3v) is 1.90. The second-order valence-corrected chi connectivity index (χ2v) is 3.05. The van der Waals surface area contributed by atoms with E-state index in [-0.39, 0.29) is 12.4 Å². The van der Waals surface area contributed by atoms with Crippen LogP contribution < -0.4 is 5.53 Å². The normalized spacial score (nSPS) is 14.0. The van der Waals surface area contributed by atoms with Crippen LogP contribution in [0.4, 0.5) is 0 Å². The van der Waals surface area contributed by atoms with Gasteiger partial charge in [0.2, 0.25) is 0 Å². The fourth-order valence-corrected chi connectivity index (χ4v) is 1.14. The highest BCUT2D eigenvalue weighted by atomic mass is 35.5. The number of nitrogens with zero attached hydrogens (tertiary/aromatic N) is 3. The molecular formula is C9H17ClN4. The summed E-state index contributed by atoms with van der Waals surface area (Å²) in [4.78, 5) is 0. The highest BCUT2D eigenvalue weighted by Crippen LogP contribution is 2.02. The monoisotopic (exact) mass is 216 g/mol. The maximum atomic E-state index is 8.39. The molecule has 1 aliphatic rings. The fraction of sp³-hybridized carbons (Fsp3) is 0.667. The Morgan fingerprint density at radius 1 is 1.29 bits per heavy atom. The Balaban J connectivity index is 0.00000169. The number of rotatable bonds is 5. The molecule has 0 aromatic carbocycles. The van der Waals surface area contributed by atoms with E-state index in [0.717, 1.165) is 13.1 Å². The molecule has 14 heavy (non-hydrogen) atoms. The van der Waals surface area contributed by atoms with Gasteiger partial charge in [-0.15, -0.1) is 17.9 Å². The molecule has 1 aliphatic heterocycles. The minimum absolute atomic E-state index is 0. The summed E-state index contributed by atoms with van der Waals surface area (Å²) in [7, 11) is 0. The smallest absolute Gasteiger partial charge is 0.0641 e. The lowest BCUT2D eigenvalue weighted by molar-refractivity contribution is 0.138. The predicted molar refractivity (Wildman–Crippen MR) is 58.1 cm³/mol. The van der Waals surface area contributed by atoms with Gasteiger partial charge in [0.1, 0.15) is 0 Å². The zero-order valence-electron chi connectivity index (χ0n) is 8.44. The Kier molecular flexibility index (Phi) is 6.99. The Labute approximate surface area is 91.5 Å². The first-order valence-corrected chi connectivity index (χ1v) is 4.71. The van der Waals surface area contributed by atoms with Gasteiger partial charge in [-0.25, -0.2) is 0 Å². The van der Waals surface area contributed by atoms with Gasteiger partial charge in [-0.05, 0) is 6.42 Å². The molecule has 1 N–H and O–H groups in total. The van der Waals surface area contributed by atoms with E-state index in [4.69, 9.17) is 5.26 Å². The Bertz CT molecular complexity index is 211. The number of hydrogen-bond donors (Lipinski definition) is 1. The molecular weight excluding hydrogens is 200 g/mol. The van der Waals surface area contributed by atoms with Crippen molar-refractivity contribution in [1.29, 1.82) is 5.26 Å². The highest BCUT2D eigenvalue weighted by molar-refractivity contribution is 5.85. The number of nitriles is 1. The molecule has 0 fully saturated rings. The van der Waals surface area contributed by atoms with E-state index in [1.807, 2.05) is 22.4 Å². The van der Waals surface area contributed by atoms with Crippen molar-refractivity contribution in [3.05, 3.63) is 12.4 Å². The SMILES string of the molecule is CCCCN1C=CN(CCC#N)N1.Cl. The molecule has 0 bridgehead atoms. The molecule has 0 unspecified atom stereocenters. The largest absolute Gasteiger partial charge is 0.297 e. The first-order chi connectivity index (χ1) is 6.36. The Morgan fingerprint density at radius 3 is 2.50 bits per heavy atom. The van der Waals surface area contributed by atoms with Crippen LogP contribution in [0.25, 0.3) is 0 Å². The average Bonchev–Trinajstić information content (AvgIpc) is 2.59. The highest BCUT2D eigenvalue weighted by Gasteiger charge is 2.09. The van der Waals surface area contributed by atoms with Crippen LogP contribution in [0.2, 0.25) is 0 Å². The first kappa shape index (κ1) is 13.1. The topological polar surface area (TPSA) is 42.3 Å².